The van der Waals surface area contributed by atoms with Crippen molar-refractivity contribution in [3.05, 3.63) is 11.4 Å². The molecule has 1 saturated heterocycles. The second-order valence-electron chi connectivity index (χ2n) is 5.00. The molecule has 0 aromatic carbocycles. The molecule has 0 aromatic rings. The standard InChI is InChI=1S/C11H18N2O2/c1-8-6-9(12-5)7-13(8)10(14)15-11(2,3)4/h8-9H,6-7H2,1-4H3/t8-,9-/m1/s1. The summed E-state index contributed by atoms with van der Waals surface area (Å²) in [4.78, 5) is 16.8. The summed E-state index contributed by atoms with van der Waals surface area (Å²) >= 11 is 0. The summed E-state index contributed by atoms with van der Waals surface area (Å²) in [7, 11) is 0. The van der Waals surface area contributed by atoms with Crippen LogP contribution in [0.15, 0.2) is 0 Å². The van der Waals surface area contributed by atoms with Crippen LogP contribution in [0.4, 0.5) is 4.79 Å². The summed E-state index contributed by atoms with van der Waals surface area (Å²) in [5.74, 6) is 0. The molecule has 84 valence electrons. The molecule has 0 unspecified atom stereocenters. The van der Waals surface area contributed by atoms with Gasteiger partial charge in [-0.25, -0.2) is 11.4 Å². The lowest BCUT2D eigenvalue weighted by atomic mass is 10.2. The Morgan fingerprint density at radius 1 is 1.53 bits per heavy atom. The van der Waals surface area contributed by atoms with E-state index in [1.54, 1.807) is 4.90 Å². The third-order valence-corrected chi connectivity index (χ3v) is 2.36. The van der Waals surface area contributed by atoms with Gasteiger partial charge in [0.2, 0.25) is 6.04 Å². The minimum absolute atomic E-state index is 0.0625. The van der Waals surface area contributed by atoms with E-state index in [1.807, 2.05) is 27.7 Å². The highest BCUT2D eigenvalue weighted by Gasteiger charge is 2.38. The van der Waals surface area contributed by atoms with Crippen molar-refractivity contribution in [1.82, 2.24) is 4.90 Å². The molecule has 1 aliphatic rings. The first-order valence-electron chi connectivity index (χ1n) is 5.19. The van der Waals surface area contributed by atoms with Crippen LogP contribution in [0.1, 0.15) is 34.1 Å². The van der Waals surface area contributed by atoms with Crippen molar-refractivity contribution in [2.75, 3.05) is 6.54 Å². The van der Waals surface area contributed by atoms with E-state index in [9.17, 15) is 4.79 Å². The molecule has 1 heterocycles. The Kier molecular flexibility index (Phi) is 3.23. The van der Waals surface area contributed by atoms with Crippen molar-refractivity contribution >= 4 is 6.09 Å². The molecule has 1 aliphatic heterocycles. The van der Waals surface area contributed by atoms with Crippen molar-refractivity contribution in [1.29, 1.82) is 0 Å². The quantitative estimate of drug-likeness (QED) is 0.575. The maximum atomic E-state index is 11.7. The minimum Gasteiger partial charge on any atom is -0.444 e. The topological polar surface area (TPSA) is 33.9 Å². The summed E-state index contributed by atoms with van der Waals surface area (Å²) < 4.78 is 5.27. The Balaban J connectivity index is 2.59. The van der Waals surface area contributed by atoms with E-state index < -0.39 is 5.60 Å². The maximum Gasteiger partial charge on any atom is 0.410 e. The van der Waals surface area contributed by atoms with E-state index in [1.165, 1.54) is 0 Å². The third kappa shape index (κ3) is 3.12. The van der Waals surface area contributed by atoms with Crippen molar-refractivity contribution in [2.45, 2.75) is 51.8 Å². The molecule has 15 heavy (non-hydrogen) atoms. The first kappa shape index (κ1) is 11.8. The zero-order valence-corrected chi connectivity index (χ0v) is 9.78. The van der Waals surface area contributed by atoms with Gasteiger partial charge in [-0.3, -0.25) is 4.90 Å². The van der Waals surface area contributed by atoms with Crippen LogP contribution in [0.2, 0.25) is 0 Å². The monoisotopic (exact) mass is 210 g/mol. The van der Waals surface area contributed by atoms with Crippen molar-refractivity contribution in [2.24, 2.45) is 0 Å². The summed E-state index contributed by atoms with van der Waals surface area (Å²) in [5.41, 5.74) is -0.465. The van der Waals surface area contributed by atoms with Gasteiger partial charge in [-0.05, 0) is 27.7 Å². The minimum atomic E-state index is -0.465. The number of amides is 1. The molecule has 4 heteroatoms. The zero-order chi connectivity index (χ0) is 11.6. The molecule has 4 nitrogen and oxygen atoms in total. The summed E-state index contributed by atoms with van der Waals surface area (Å²) in [6.45, 7) is 14.9. The molecule has 0 bridgehead atoms. The summed E-state index contributed by atoms with van der Waals surface area (Å²) in [6.07, 6.45) is 0.448. The third-order valence-electron chi connectivity index (χ3n) is 2.36. The number of likely N-dealkylation sites (tertiary alicyclic amines) is 1. The number of hydrogen-bond acceptors (Lipinski definition) is 2. The first-order chi connectivity index (χ1) is 6.83. The Morgan fingerprint density at radius 2 is 2.13 bits per heavy atom. The molecule has 0 aliphatic carbocycles. The zero-order valence-electron chi connectivity index (χ0n) is 9.78. The van der Waals surface area contributed by atoms with Gasteiger partial charge < -0.3 is 9.58 Å². The Labute approximate surface area is 91.0 Å². The largest absolute Gasteiger partial charge is 0.444 e. The van der Waals surface area contributed by atoms with Crippen LogP contribution in [0.3, 0.4) is 0 Å². The average Bonchev–Trinajstić information content (AvgIpc) is 2.43. The summed E-state index contributed by atoms with van der Waals surface area (Å²) in [6, 6.07) is 0.0477. The van der Waals surface area contributed by atoms with Gasteiger partial charge in [0.25, 0.3) is 0 Å². The number of hydrogen-bond donors (Lipinski definition) is 0. The van der Waals surface area contributed by atoms with Crippen LogP contribution in [-0.2, 0) is 4.74 Å². The van der Waals surface area contributed by atoms with Gasteiger partial charge in [-0.15, -0.1) is 0 Å². The molecule has 0 N–H and O–H groups in total. The van der Waals surface area contributed by atoms with E-state index >= 15 is 0 Å². The fourth-order valence-electron chi connectivity index (χ4n) is 1.67. The fourth-order valence-corrected chi connectivity index (χ4v) is 1.67. The molecule has 1 fully saturated rings. The molecule has 0 aromatic heterocycles. The lowest BCUT2D eigenvalue weighted by Gasteiger charge is -2.26. The molecular formula is C11H18N2O2. The molecule has 1 rings (SSSR count). The molecular weight excluding hydrogens is 192 g/mol. The lowest BCUT2D eigenvalue weighted by molar-refractivity contribution is 0.0238. The smallest absolute Gasteiger partial charge is 0.410 e. The second kappa shape index (κ2) is 4.09. The SMILES string of the molecule is [C-]#[N+][C@@H]1C[C@@H](C)N(C(=O)OC(C)(C)C)C1. The Bertz CT molecular complexity index is 288. The van der Waals surface area contributed by atoms with Gasteiger partial charge >= 0.3 is 6.09 Å². The van der Waals surface area contributed by atoms with Crippen LogP contribution in [0.25, 0.3) is 4.85 Å². The van der Waals surface area contributed by atoms with Gasteiger partial charge in [0.15, 0.2) is 0 Å². The number of nitrogens with zero attached hydrogens (tertiary/aromatic N) is 2. The highest BCUT2D eigenvalue weighted by atomic mass is 16.6. The van der Waals surface area contributed by atoms with E-state index in [0.29, 0.717) is 6.54 Å². The second-order valence-corrected chi connectivity index (χ2v) is 5.00. The molecule has 0 saturated carbocycles. The average molecular weight is 210 g/mol. The predicted molar refractivity (Wildman–Crippen MR) is 57.4 cm³/mol. The predicted octanol–water partition coefficient (Wildman–Crippen LogP) is 2.30. The molecule has 0 radical (unpaired) electrons. The number of ether oxygens (including phenoxy) is 1. The molecule has 2 atom stereocenters. The van der Waals surface area contributed by atoms with Crippen LogP contribution >= 0.6 is 0 Å². The van der Waals surface area contributed by atoms with Gasteiger partial charge in [0.05, 0.1) is 6.54 Å². The lowest BCUT2D eigenvalue weighted by Crippen LogP contribution is -2.38. The van der Waals surface area contributed by atoms with E-state index in [-0.39, 0.29) is 18.2 Å². The highest BCUT2D eigenvalue weighted by Crippen LogP contribution is 2.22. The van der Waals surface area contributed by atoms with E-state index in [0.717, 1.165) is 6.42 Å². The molecule has 1 amide bonds. The number of carbonyl (C=O) groups is 1. The van der Waals surface area contributed by atoms with Gasteiger partial charge in [-0.2, -0.15) is 0 Å². The number of rotatable bonds is 0. The van der Waals surface area contributed by atoms with Crippen LogP contribution in [0.5, 0.6) is 0 Å². The van der Waals surface area contributed by atoms with Crippen LogP contribution in [-0.4, -0.2) is 35.2 Å². The van der Waals surface area contributed by atoms with Crippen LogP contribution in [0, 0.1) is 6.57 Å². The van der Waals surface area contributed by atoms with Crippen molar-refractivity contribution in [3.63, 3.8) is 0 Å². The fraction of sp³-hybridized carbons (Fsp3) is 0.818. The highest BCUT2D eigenvalue weighted by molar-refractivity contribution is 5.69. The van der Waals surface area contributed by atoms with E-state index in [2.05, 4.69) is 4.85 Å². The van der Waals surface area contributed by atoms with Crippen LogP contribution < -0.4 is 0 Å². The van der Waals surface area contributed by atoms with E-state index in [4.69, 9.17) is 11.3 Å². The maximum absolute atomic E-state index is 11.7. The van der Waals surface area contributed by atoms with Crippen molar-refractivity contribution < 1.29 is 9.53 Å². The summed E-state index contributed by atoms with van der Waals surface area (Å²) in [5, 5.41) is 0. The molecule has 0 spiro atoms. The Hall–Kier alpha value is -1.24. The Morgan fingerprint density at radius 3 is 2.53 bits per heavy atom. The van der Waals surface area contributed by atoms with Gasteiger partial charge in [0, 0.05) is 12.5 Å². The van der Waals surface area contributed by atoms with Gasteiger partial charge in [0.1, 0.15) is 5.60 Å². The normalized spacial score (nSPS) is 26.2. The number of carbonyl (C=O) groups excluding carboxylic acids is 1. The van der Waals surface area contributed by atoms with Crippen molar-refractivity contribution in [3.8, 4) is 0 Å². The first-order valence-corrected chi connectivity index (χ1v) is 5.19. The van der Waals surface area contributed by atoms with Gasteiger partial charge in [-0.1, -0.05) is 0 Å².